The number of aromatic nitrogens is 1. The zero-order valence-corrected chi connectivity index (χ0v) is 20.9. The summed E-state index contributed by atoms with van der Waals surface area (Å²) < 4.78 is 31.9. The number of hydrogen-bond acceptors (Lipinski definition) is 6. The van der Waals surface area contributed by atoms with Crippen molar-refractivity contribution in [2.75, 3.05) is 14.2 Å². The van der Waals surface area contributed by atoms with Crippen molar-refractivity contribution in [2.45, 2.75) is 33.1 Å². The van der Waals surface area contributed by atoms with Gasteiger partial charge in [-0.05, 0) is 67.8 Å². The maximum absolute atomic E-state index is 15.2. The topological polar surface area (TPSA) is 74.7 Å². The van der Waals surface area contributed by atoms with Crippen LogP contribution in [0.15, 0.2) is 67.4 Å². The van der Waals surface area contributed by atoms with Crippen molar-refractivity contribution in [3.8, 4) is 17.2 Å². The van der Waals surface area contributed by atoms with E-state index in [1.165, 1.54) is 0 Å². The third-order valence-electron chi connectivity index (χ3n) is 5.62. The van der Waals surface area contributed by atoms with Gasteiger partial charge >= 0.3 is 5.97 Å². The first-order valence-corrected chi connectivity index (χ1v) is 12.8. The van der Waals surface area contributed by atoms with Crippen molar-refractivity contribution >= 4 is 29.2 Å². The molecule has 0 bridgehead atoms. The lowest BCUT2D eigenvalue weighted by Crippen LogP contribution is -2.30. The Hall–Kier alpha value is -3.37. The summed E-state index contributed by atoms with van der Waals surface area (Å²) in [5.41, 5.74) is 1.90. The maximum Gasteiger partial charge on any atom is 0.335 e. The Morgan fingerprint density at radius 3 is 2.41 bits per heavy atom. The van der Waals surface area contributed by atoms with E-state index >= 15 is 4.57 Å². The lowest BCUT2D eigenvalue weighted by molar-refractivity contribution is -0.128. The van der Waals surface area contributed by atoms with Gasteiger partial charge < -0.3 is 18.8 Å². The van der Waals surface area contributed by atoms with Gasteiger partial charge in [-0.25, -0.2) is 4.79 Å². The molecule has 7 heteroatoms. The molecule has 0 fully saturated rings. The van der Waals surface area contributed by atoms with E-state index in [1.807, 2.05) is 13.0 Å². The molecule has 1 aromatic heterocycles. The summed E-state index contributed by atoms with van der Waals surface area (Å²) >= 11 is 0. The first-order chi connectivity index (χ1) is 16.4. The SMILES string of the molecule is C=CC(=O)Oc1c(P(=O)(c2ccc(OC)cc2)c2ncccc2C)ccc(OC)c1CCCC. The number of pyridine rings is 1. The van der Waals surface area contributed by atoms with Gasteiger partial charge in [0.05, 0.1) is 19.5 Å². The Morgan fingerprint density at radius 2 is 1.82 bits per heavy atom. The zero-order chi connectivity index (χ0) is 24.7. The molecule has 0 aliphatic heterocycles. The van der Waals surface area contributed by atoms with Crippen LogP contribution in [0.3, 0.4) is 0 Å². The molecule has 3 aromatic rings. The highest BCUT2D eigenvalue weighted by Crippen LogP contribution is 2.48. The summed E-state index contributed by atoms with van der Waals surface area (Å²) in [6.07, 6.45) is 5.08. The van der Waals surface area contributed by atoms with Crippen LogP contribution >= 0.6 is 7.14 Å². The highest BCUT2D eigenvalue weighted by atomic mass is 31.2. The van der Waals surface area contributed by atoms with Crippen LogP contribution in [-0.2, 0) is 15.8 Å². The average Bonchev–Trinajstić information content (AvgIpc) is 2.87. The number of hydrogen-bond donors (Lipinski definition) is 0. The summed E-state index contributed by atoms with van der Waals surface area (Å²) in [5, 5.41) is 0.944. The van der Waals surface area contributed by atoms with Crippen LogP contribution in [0, 0.1) is 6.92 Å². The Kier molecular flexibility index (Phi) is 8.30. The summed E-state index contributed by atoms with van der Waals surface area (Å²) in [4.78, 5) is 16.9. The molecule has 0 saturated carbocycles. The molecule has 3 rings (SSSR count). The highest BCUT2D eigenvalue weighted by molar-refractivity contribution is 7.85. The third-order valence-corrected chi connectivity index (χ3v) is 8.74. The molecule has 1 atom stereocenters. The second kappa shape index (κ2) is 11.2. The first kappa shape index (κ1) is 25.3. The van der Waals surface area contributed by atoms with E-state index < -0.39 is 13.1 Å². The lowest BCUT2D eigenvalue weighted by atomic mass is 10.1. The quantitative estimate of drug-likeness (QED) is 0.185. The van der Waals surface area contributed by atoms with E-state index in [9.17, 15) is 4.79 Å². The van der Waals surface area contributed by atoms with Gasteiger partial charge in [-0.3, -0.25) is 4.98 Å². The molecular weight excluding hydrogens is 449 g/mol. The Morgan fingerprint density at radius 1 is 1.09 bits per heavy atom. The van der Waals surface area contributed by atoms with Crippen LogP contribution in [0.2, 0.25) is 0 Å². The molecule has 178 valence electrons. The van der Waals surface area contributed by atoms with Gasteiger partial charge in [0.1, 0.15) is 22.7 Å². The first-order valence-electron chi connectivity index (χ1n) is 11.1. The summed E-state index contributed by atoms with van der Waals surface area (Å²) in [5.74, 6) is 0.820. The van der Waals surface area contributed by atoms with Crippen LogP contribution < -0.4 is 30.3 Å². The van der Waals surface area contributed by atoms with E-state index in [0.29, 0.717) is 39.5 Å². The van der Waals surface area contributed by atoms with Crippen molar-refractivity contribution in [1.29, 1.82) is 0 Å². The molecule has 0 aliphatic carbocycles. The van der Waals surface area contributed by atoms with E-state index in [0.717, 1.165) is 24.5 Å². The molecule has 6 nitrogen and oxygen atoms in total. The van der Waals surface area contributed by atoms with Gasteiger partial charge in [0, 0.05) is 23.1 Å². The molecule has 1 heterocycles. The number of ether oxygens (including phenoxy) is 3. The standard InChI is InChI=1S/C27H30NO5P/c1-6-8-11-22-23(32-5)16-17-24(26(22)33-25(29)7-2)34(30,27-19(3)10-9-18-28-27)21-14-12-20(31-4)13-15-21/h7,9-10,12-18H,2,6,8,11H2,1,3-5H3. The number of esters is 1. The predicted molar refractivity (Wildman–Crippen MR) is 136 cm³/mol. The van der Waals surface area contributed by atoms with Crippen LogP contribution in [0.25, 0.3) is 0 Å². The van der Waals surface area contributed by atoms with Gasteiger partial charge in [-0.2, -0.15) is 0 Å². The summed E-state index contributed by atoms with van der Waals surface area (Å²) in [6.45, 7) is 7.48. The van der Waals surface area contributed by atoms with Crippen molar-refractivity contribution in [2.24, 2.45) is 0 Å². The molecule has 0 saturated heterocycles. The lowest BCUT2D eigenvalue weighted by Gasteiger charge is -2.25. The normalized spacial score (nSPS) is 12.5. The fraction of sp³-hybridized carbons (Fsp3) is 0.259. The molecular formula is C27H30NO5P. The highest BCUT2D eigenvalue weighted by Gasteiger charge is 2.37. The maximum atomic E-state index is 15.2. The molecule has 0 radical (unpaired) electrons. The molecule has 0 N–H and O–H groups in total. The second-order valence-electron chi connectivity index (χ2n) is 7.77. The average molecular weight is 480 g/mol. The third kappa shape index (κ3) is 4.92. The minimum absolute atomic E-state index is 0.238. The van der Waals surface area contributed by atoms with Gasteiger partial charge in [-0.15, -0.1) is 0 Å². The summed E-state index contributed by atoms with van der Waals surface area (Å²) in [7, 11) is -0.430. The molecule has 34 heavy (non-hydrogen) atoms. The predicted octanol–water partition coefficient (Wildman–Crippen LogP) is 4.48. The van der Waals surface area contributed by atoms with Crippen molar-refractivity contribution in [1.82, 2.24) is 4.98 Å². The van der Waals surface area contributed by atoms with Crippen LogP contribution in [0.4, 0.5) is 0 Å². The monoisotopic (exact) mass is 479 g/mol. The number of rotatable bonds is 10. The Balaban J connectivity index is 2.41. The van der Waals surface area contributed by atoms with E-state index in [2.05, 4.69) is 18.5 Å². The minimum Gasteiger partial charge on any atom is -0.497 e. The van der Waals surface area contributed by atoms with Gasteiger partial charge in [0.25, 0.3) is 0 Å². The molecule has 1 unspecified atom stereocenters. The van der Waals surface area contributed by atoms with Gasteiger partial charge in [0.2, 0.25) is 0 Å². The second-order valence-corrected chi connectivity index (χ2v) is 10.4. The number of unbranched alkanes of at least 4 members (excludes halogenated alkanes) is 1. The fourth-order valence-electron chi connectivity index (χ4n) is 3.86. The number of carbonyl (C=O) groups is 1. The molecule has 2 aromatic carbocycles. The van der Waals surface area contributed by atoms with Gasteiger partial charge in [0.15, 0.2) is 7.14 Å². The smallest absolute Gasteiger partial charge is 0.335 e. The van der Waals surface area contributed by atoms with Crippen LogP contribution in [-0.4, -0.2) is 25.2 Å². The van der Waals surface area contributed by atoms with Crippen molar-refractivity contribution in [3.63, 3.8) is 0 Å². The zero-order valence-electron chi connectivity index (χ0n) is 20.0. The number of benzene rings is 2. The Labute approximate surface area is 201 Å². The molecule has 0 amide bonds. The largest absolute Gasteiger partial charge is 0.497 e. The van der Waals surface area contributed by atoms with Crippen molar-refractivity contribution < 1.29 is 23.6 Å². The number of carbonyl (C=O) groups excluding carboxylic acids is 1. The van der Waals surface area contributed by atoms with E-state index in [4.69, 9.17) is 14.2 Å². The van der Waals surface area contributed by atoms with Gasteiger partial charge in [-0.1, -0.05) is 26.0 Å². The van der Waals surface area contributed by atoms with Crippen LogP contribution in [0.5, 0.6) is 17.2 Å². The van der Waals surface area contributed by atoms with E-state index in [-0.39, 0.29) is 5.75 Å². The molecule has 0 aliphatic rings. The minimum atomic E-state index is -3.57. The van der Waals surface area contributed by atoms with Crippen molar-refractivity contribution in [3.05, 3.63) is 78.5 Å². The number of methoxy groups -OCH3 is 2. The summed E-state index contributed by atoms with van der Waals surface area (Å²) in [6, 6.07) is 14.2. The van der Waals surface area contributed by atoms with Crippen LogP contribution in [0.1, 0.15) is 30.9 Å². The fourth-order valence-corrected chi connectivity index (χ4v) is 6.73. The number of nitrogens with zero attached hydrogens (tertiary/aromatic N) is 1. The van der Waals surface area contributed by atoms with E-state index in [1.54, 1.807) is 62.9 Å². The molecule has 0 spiro atoms. The Bertz CT molecular complexity index is 1220. The number of aryl methyl sites for hydroxylation is 1.